The van der Waals surface area contributed by atoms with Gasteiger partial charge in [-0.1, -0.05) is 57.4 Å². The summed E-state index contributed by atoms with van der Waals surface area (Å²) in [7, 11) is 0. The van der Waals surface area contributed by atoms with Gasteiger partial charge in [-0.15, -0.1) is 0 Å². The van der Waals surface area contributed by atoms with E-state index < -0.39 is 0 Å². The molecule has 0 aliphatic heterocycles. The van der Waals surface area contributed by atoms with Gasteiger partial charge in [0.15, 0.2) is 0 Å². The Bertz CT molecular complexity index is 1030. The molecule has 1 fully saturated rings. The quantitative estimate of drug-likeness (QED) is 0.376. The first kappa shape index (κ1) is 23.3. The second-order valence-corrected chi connectivity index (χ2v) is 9.50. The SMILES string of the molecule is CC(C)c1ccc(OCCCCn2c(CNC(=O)C3CCCCC3)nc3ccccc32)cc1. The van der Waals surface area contributed by atoms with E-state index in [-0.39, 0.29) is 11.8 Å². The molecule has 0 spiro atoms. The number of carbonyl (C=O) groups is 1. The molecule has 5 nitrogen and oxygen atoms in total. The van der Waals surface area contributed by atoms with E-state index in [1.807, 2.05) is 12.1 Å². The van der Waals surface area contributed by atoms with E-state index in [1.54, 1.807) is 0 Å². The van der Waals surface area contributed by atoms with E-state index in [0.29, 0.717) is 19.1 Å². The fourth-order valence-electron chi connectivity index (χ4n) is 4.70. The molecule has 1 amide bonds. The predicted molar refractivity (Wildman–Crippen MR) is 133 cm³/mol. The summed E-state index contributed by atoms with van der Waals surface area (Å²) in [5.41, 5.74) is 3.45. The predicted octanol–water partition coefficient (Wildman–Crippen LogP) is 6.22. The van der Waals surface area contributed by atoms with Gasteiger partial charge in [-0.25, -0.2) is 4.98 Å². The minimum atomic E-state index is 0.170. The molecule has 1 aliphatic carbocycles. The number of benzene rings is 2. The van der Waals surface area contributed by atoms with Crippen molar-refractivity contribution in [1.29, 1.82) is 0 Å². The van der Waals surface area contributed by atoms with Gasteiger partial charge >= 0.3 is 0 Å². The number of rotatable bonds is 10. The normalized spacial score (nSPS) is 14.6. The van der Waals surface area contributed by atoms with Crippen LogP contribution in [0, 0.1) is 5.92 Å². The summed E-state index contributed by atoms with van der Waals surface area (Å²) in [6.07, 6.45) is 7.58. The van der Waals surface area contributed by atoms with Gasteiger partial charge in [0.2, 0.25) is 5.91 Å². The number of carbonyl (C=O) groups excluding carboxylic acids is 1. The minimum absolute atomic E-state index is 0.170. The number of fused-ring (bicyclic) bond motifs is 1. The molecule has 3 aromatic rings. The maximum atomic E-state index is 12.6. The van der Waals surface area contributed by atoms with E-state index in [1.165, 1.54) is 24.8 Å². The van der Waals surface area contributed by atoms with Crippen LogP contribution >= 0.6 is 0 Å². The molecule has 1 saturated carbocycles. The number of unbranched alkanes of at least 4 members (excludes halogenated alkanes) is 1. The Hall–Kier alpha value is -2.82. The van der Waals surface area contributed by atoms with Crippen molar-refractivity contribution in [2.45, 2.75) is 77.8 Å². The first-order valence-electron chi connectivity index (χ1n) is 12.6. The highest BCUT2D eigenvalue weighted by atomic mass is 16.5. The van der Waals surface area contributed by atoms with Crippen molar-refractivity contribution in [2.24, 2.45) is 5.92 Å². The van der Waals surface area contributed by atoms with Crippen LogP contribution < -0.4 is 10.1 Å². The zero-order valence-electron chi connectivity index (χ0n) is 20.1. The third-order valence-corrected chi connectivity index (χ3v) is 6.72. The first-order chi connectivity index (χ1) is 16.1. The molecule has 0 radical (unpaired) electrons. The number of nitrogens with one attached hydrogen (secondary N) is 1. The fourth-order valence-corrected chi connectivity index (χ4v) is 4.70. The van der Waals surface area contributed by atoms with Crippen LogP contribution in [-0.4, -0.2) is 22.1 Å². The highest BCUT2D eigenvalue weighted by molar-refractivity contribution is 5.79. The number of hydrogen-bond acceptors (Lipinski definition) is 3. The summed E-state index contributed by atoms with van der Waals surface area (Å²) >= 11 is 0. The number of para-hydroxylation sites is 2. The fraction of sp³-hybridized carbons (Fsp3) is 0.500. The standard InChI is InChI=1S/C28H37N3O2/c1-21(2)22-14-16-24(17-15-22)33-19-9-8-18-31-26-13-7-6-12-25(26)30-27(31)20-29-28(32)23-10-4-3-5-11-23/h6-7,12-17,21,23H,3-5,8-11,18-20H2,1-2H3,(H,29,32). The number of hydrogen-bond donors (Lipinski definition) is 1. The average Bonchev–Trinajstić information content (AvgIpc) is 3.20. The van der Waals surface area contributed by atoms with Crippen molar-refractivity contribution in [3.63, 3.8) is 0 Å². The number of imidazole rings is 1. The van der Waals surface area contributed by atoms with Gasteiger partial charge in [-0.2, -0.15) is 0 Å². The molecular formula is C28H37N3O2. The maximum Gasteiger partial charge on any atom is 0.223 e. The summed E-state index contributed by atoms with van der Waals surface area (Å²) in [5, 5.41) is 3.16. The molecule has 1 aromatic heterocycles. The van der Waals surface area contributed by atoms with Gasteiger partial charge in [0.05, 0.1) is 24.2 Å². The second kappa shape index (κ2) is 11.4. The Morgan fingerprint density at radius 2 is 1.82 bits per heavy atom. The third kappa shape index (κ3) is 6.16. The first-order valence-corrected chi connectivity index (χ1v) is 12.6. The van der Waals surface area contributed by atoms with Crippen LogP contribution in [0.3, 0.4) is 0 Å². The van der Waals surface area contributed by atoms with Gasteiger partial charge in [0.1, 0.15) is 11.6 Å². The summed E-state index contributed by atoms with van der Waals surface area (Å²) in [6, 6.07) is 16.6. The number of nitrogens with zero attached hydrogens (tertiary/aromatic N) is 2. The van der Waals surface area contributed by atoms with Crippen molar-refractivity contribution in [1.82, 2.24) is 14.9 Å². The lowest BCUT2D eigenvalue weighted by atomic mass is 9.89. The van der Waals surface area contributed by atoms with Crippen molar-refractivity contribution >= 4 is 16.9 Å². The Kier molecular flexibility index (Phi) is 8.03. The lowest BCUT2D eigenvalue weighted by Crippen LogP contribution is -2.32. The van der Waals surface area contributed by atoms with Crippen LogP contribution in [0.2, 0.25) is 0 Å². The maximum absolute atomic E-state index is 12.6. The van der Waals surface area contributed by atoms with E-state index in [9.17, 15) is 4.79 Å². The molecule has 0 unspecified atom stereocenters. The molecule has 176 valence electrons. The lowest BCUT2D eigenvalue weighted by molar-refractivity contribution is -0.126. The molecule has 33 heavy (non-hydrogen) atoms. The van der Waals surface area contributed by atoms with E-state index in [4.69, 9.17) is 9.72 Å². The topological polar surface area (TPSA) is 56.1 Å². The van der Waals surface area contributed by atoms with Crippen LogP contribution in [-0.2, 0) is 17.9 Å². The largest absolute Gasteiger partial charge is 0.494 e. The number of aromatic nitrogens is 2. The molecule has 5 heteroatoms. The molecule has 1 aliphatic rings. The smallest absolute Gasteiger partial charge is 0.223 e. The summed E-state index contributed by atoms with van der Waals surface area (Å²) in [6.45, 7) is 6.45. The van der Waals surface area contributed by atoms with Gasteiger partial charge in [-0.3, -0.25) is 4.79 Å². The monoisotopic (exact) mass is 447 g/mol. The molecular weight excluding hydrogens is 410 g/mol. The van der Waals surface area contributed by atoms with Crippen molar-refractivity contribution in [3.8, 4) is 5.75 Å². The molecule has 0 bridgehead atoms. The average molecular weight is 448 g/mol. The second-order valence-electron chi connectivity index (χ2n) is 9.50. The van der Waals surface area contributed by atoms with Crippen LogP contribution in [0.1, 0.15) is 76.1 Å². The third-order valence-electron chi connectivity index (χ3n) is 6.72. The van der Waals surface area contributed by atoms with E-state index >= 15 is 0 Å². The van der Waals surface area contributed by atoms with Crippen molar-refractivity contribution < 1.29 is 9.53 Å². The summed E-state index contributed by atoms with van der Waals surface area (Å²) in [4.78, 5) is 17.4. The van der Waals surface area contributed by atoms with Gasteiger partial charge in [0, 0.05) is 12.5 Å². The molecule has 0 saturated heterocycles. The number of aryl methyl sites for hydroxylation is 1. The van der Waals surface area contributed by atoms with Crippen LogP contribution in [0.5, 0.6) is 5.75 Å². The van der Waals surface area contributed by atoms with Crippen LogP contribution in [0.15, 0.2) is 48.5 Å². The molecule has 1 N–H and O–H groups in total. The van der Waals surface area contributed by atoms with E-state index in [0.717, 1.165) is 54.8 Å². The molecule has 4 rings (SSSR count). The molecule has 2 aromatic carbocycles. The van der Waals surface area contributed by atoms with Crippen molar-refractivity contribution in [3.05, 3.63) is 59.9 Å². The number of ether oxygens (including phenoxy) is 1. The summed E-state index contributed by atoms with van der Waals surface area (Å²) in [5.74, 6) is 2.75. The highest BCUT2D eigenvalue weighted by Crippen LogP contribution is 2.24. The Labute approximate surface area is 197 Å². The zero-order chi connectivity index (χ0) is 23.0. The molecule has 0 atom stereocenters. The van der Waals surface area contributed by atoms with Gasteiger partial charge in [-0.05, 0) is 61.4 Å². The Morgan fingerprint density at radius 1 is 1.06 bits per heavy atom. The Balaban J connectivity index is 1.31. The van der Waals surface area contributed by atoms with Crippen LogP contribution in [0.4, 0.5) is 0 Å². The zero-order valence-corrected chi connectivity index (χ0v) is 20.1. The highest BCUT2D eigenvalue weighted by Gasteiger charge is 2.21. The number of amides is 1. The minimum Gasteiger partial charge on any atom is -0.494 e. The van der Waals surface area contributed by atoms with Gasteiger partial charge in [0.25, 0.3) is 0 Å². The Morgan fingerprint density at radius 3 is 2.58 bits per heavy atom. The summed E-state index contributed by atoms with van der Waals surface area (Å²) < 4.78 is 8.20. The molecule has 1 heterocycles. The van der Waals surface area contributed by atoms with Crippen molar-refractivity contribution in [2.75, 3.05) is 6.61 Å². The van der Waals surface area contributed by atoms with Crippen LogP contribution in [0.25, 0.3) is 11.0 Å². The lowest BCUT2D eigenvalue weighted by Gasteiger charge is -2.20. The van der Waals surface area contributed by atoms with E-state index in [2.05, 4.69) is 60.1 Å². The van der Waals surface area contributed by atoms with Gasteiger partial charge < -0.3 is 14.6 Å².